The summed E-state index contributed by atoms with van der Waals surface area (Å²) in [4.78, 5) is 40.9. The van der Waals surface area contributed by atoms with Crippen LogP contribution in [0.25, 0.3) is 0 Å². The molecule has 7 nitrogen and oxygen atoms in total. The zero-order chi connectivity index (χ0) is 19.2. The molecule has 1 aromatic rings. The molecule has 0 aliphatic carbocycles. The van der Waals surface area contributed by atoms with Crippen LogP contribution in [-0.2, 0) is 20.9 Å². The first-order valence-electron chi connectivity index (χ1n) is 9.63. The summed E-state index contributed by atoms with van der Waals surface area (Å²) in [7, 11) is 0. The average molecular weight is 373 g/mol. The number of rotatable bonds is 5. The normalized spacial score (nSPS) is 20.4. The molecule has 0 unspecified atom stereocenters. The Hall–Kier alpha value is -2.57. The highest BCUT2D eigenvalue weighted by Gasteiger charge is 2.38. The van der Waals surface area contributed by atoms with Crippen LogP contribution >= 0.6 is 0 Å². The maximum Gasteiger partial charge on any atom is 0.408 e. The van der Waals surface area contributed by atoms with E-state index in [1.54, 1.807) is 11.8 Å². The van der Waals surface area contributed by atoms with Gasteiger partial charge in [0, 0.05) is 19.6 Å². The average Bonchev–Trinajstić information content (AvgIpc) is 3.38. The van der Waals surface area contributed by atoms with Crippen molar-refractivity contribution in [2.75, 3.05) is 19.6 Å². The molecule has 1 N–H and O–H groups in total. The van der Waals surface area contributed by atoms with Gasteiger partial charge < -0.3 is 19.9 Å². The quantitative estimate of drug-likeness (QED) is 0.855. The SMILES string of the molecule is C[C@H](NC(=O)OCc1ccccc1)C(=O)N1CCC[C@H]1C(=O)N1CCCC1. The van der Waals surface area contributed by atoms with Gasteiger partial charge in [-0.15, -0.1) is 0 Å². The van der Waals surface area contributed by atoms with Gasteiger partial charge in [-0.25, -0.2) is 4.79 Å². The second-order valence-corrected chi connectivity index (χ2v) is 7.15. The maximum absolute atomic E-state index is 12.8. The lowest BCUT2D eigenvalue weighted by molar-refractivity contribution is -0.144. The Bertz CT molecular complexity index is 673. The van der Waals surface area contributed by atoms with Gasteiger partial charge in [0.25, 0.3) is 0 Å². The van der Waals surface area contributed by atoms with Crippen LogP contribution in [0.1, 0.15) is 38.2 Å². The van der Waals surface area contributed by atoms with Crippen molar-refractivity contribution in [2.24, 2.45) is 0 Å². The minimum Gasteiger partial charge on any atom is -0.445 e. The fraction of sp³-hybridized carbons (Fsp3) is 0.550. The predicted octanol–water partition coefficient (Wildman–Crippen LogP) is 1.91. The topological polar surface area (TPSA) is 79.0 Å². The van der Waals surface area contributed by atoms with Gasteiger partial charge in [-0.1, -0.05) is 30.3 Å². The second kappa shape index (κ2) is 8.88. The van der Waals surface area contributed by atoms with Gasteiger partial charge in [-0.2, -0.15) is 0 Å². The fourth-order valence-corrected chi connectivity index (χ4v) is 3.69. The van der Waals surface area contributed by atoms with E-state index in [0.717, 1.165) is 37.9 Å². The van der Waals surface area contributed by atoms with Gasteiger partial charge in [-0.3, -0.25) is 9.59 Å². The van der Waals surface area contributed by atoms with E-state index in [4.69, 9.17) is 4.74 Å². The Morgan fingerprint density at radius 3 is 2.52 bits per heavy atom. The Morgan fingerprint density at radius 1 is 1.11 bits per heavy atom. The Morgan fingerprint density at radius 2 is 1.81 bits per heavy atom. The van der Waals surface area contributed by atoms with E-state index in [1.165, 1.54) is 0 Å². The van der Waals surface area contributed by atoms with Crippen LogP contribution in [0.4, 0.5) is 4.79 Å². The van der Waals surface area contributed by atoms with E-state index >= 15 is 0 Å². The molecule has 3 rings (SSSR count). The van der Waals surface area contributed by atoms with Crippen LogP contribution in [0.2, 0.25) is 0 Å². The molecule has 0 radical (unpaired) electrons. The van der Waals surface area contributed by atoms with E-state index in [0.29, 0.717) is 13.0 Å². The number of ether oxygens (including phenoxy) is 1. The Kier molecular flexibility index (Phi) is 6.32. The number of amides is 3. The molecule has 0 aromatic heterocycles. The highest BCUT2D eigenvalue weighted by molar-refractivity contribution is 5.91. The highest BCUT2D eigenvalue weighted by atomic mass is 16.5. The monoisotopic (exact) mass is 373 g/mol. The van der Waals surface area contributed by atoms with Crippen molar-refractivity contribution in [1.82, 2.24) is 15.1 Å². The molecule has 2 atom stereocenters. The first-order valence-corrected chi connectivity index (χ1v) is 9.63. The molecule has 2 heterocycles. The number of hydrogen-bond donors (Lipinski definition) is 1. The zero-order valence-corrected chi connectivity index (χ0v) is 15.7. The molecule has 7 heteroatoms. The molecular weight excluding hydrogens is 346 g/mol. The van der Waals surface area contributed by atoms with Crippen LogP contribution < -0.4 is 5.32 Å². The second-order valence-electron chi connectivity index (χ2n) is 7.15. The fourth-order valence-electron chi connectivity index (χ4n) is 3.69. The molecule has 0 saturated carbocycles. The first-order chi connectivity index (χ1) is 13.1. The molecule has 2 aliphatic heterocycles. The summed E-state index contributed by atoms with van der Waals surface area (Å²) in [5, 5.41) is 2.58. The van der Waals surface area contributed by atoms with Crippen LogP contribution in [-0.4, -0.2) is 59.4 Å². The van der Waals surface area contributed by atoms with Crippen molar-refractivity contribution in [3.63, 3.8) is 0 Å². The van der Waals surface area contributed by atoms with Crippen molar-refractivity contribution in [1.29, 1.82) is 0 Å². The number of alkyl carbamates (subject to hydrolysis) is 1. The molecule has 146 valence electrons. The Balaban J connectivity index is 1.51. The third-order valence-electron chi connectivity index (χ3n) is 5.16. The largest absolute Gasteiger partial charge is 0.445 e. The molecule has 0 bridgehead atoms. The van der Waals surface area contributed by atoms with Crippen molar-refractivity contribution in [3.05, 3.63) is 35.9 Å². The molecule has 2 saturated heterocycles. The lowest BCUT2D eigenvalue weighted by Gasteiger charge is -2.29. The maximum atomic E-state index is 12.8. The summed E-state index contributed by atoms with van der Waals surface area (Å²) in [6.45, 7) is 3.87. The van der Waals surface area contributed by atoms with E-state index in [-0.39, 0.29) is 18.4 Å². The lowest BCUT2D eigenvalue weighted by atomic mass is 10.1. The van der Waals surface area contributed by atoms with Crippen LogP contribution in [0.3, 0.4) is 0 Å². The van der Waals surface area contributed by atoms with Crippen LogP contribution in [0.5, 0.6) is 0 Å². The summed E-state index contributed by atoms with van der Waals surface area (Å²) in [6.07, 6.45) is 2.91. The van der Waals surface area contributed by atoms with Crippen molar-refractivity contribution in [2.45, 2.75) is 51.3 Å². The first kappa shape index (κ1) is 19.2. The van der Waals surface area contributed by atoms with Gasteiger partial charge >= 0.3 is 6.09 Å². The van der Waals surface area contributed by atoms with Gasteiger partial charge in [0.1, 0.15) is 18.7 Å². The standard InChI is InChI=1S/C20H27N3O4/c1-15(21-20(26)27-14-16-8-3-2-4-9-16)18(24)23-13-7-10-17(23)19(25)22-11-5-6-12-22/h2-4,8-9,15,17H,5-7,10-14H2,1H3,(H,21,26)/t15-,17-/m0/s1. The summed E-state index contributed by atoms with van der Waals surface area (Å²) in [5.41, 5.74) is 0.877. The van der Waals surface area contributed by atoms with Crippen LogP contribution in [0.15, 0.2) is 30.3 Å². The van der Waals surface area contributed by atoms with Gasteiger partial charge in [0.05, 0.1) is 0 Å². The van der Waals surface area contributed by atoms with E-state index in [2.05, 4.69) is 5.32 Å². The lowest BCUT2D eigenvalue weighted by Crippen LogP contribution is -2.52. The van der Waals surface area contributed by atoms with Crippen molar-refractivity contribution >= 4 is 17.9 Å². The van der Waals surface area contributed by atoms with Gasteiger partial charge in [0.15, 0.2) is 0 Å². The van der Waals surface area contributed by atoms with Crippen molar-refractivity contribution in [3.8, 4) is 0 Å². The highest BCUT2D eigenvalue weighted by Crippen LogP contribution is 2.22. The molecule has 1 aromatic carbocycles. The molecular formula is C20H27N3O4. The molecule has 2 aliphatic rings. The number of nitrogens with one attached hydrogen (secondary N) is 1. The number of nitrogens with zero attached hydrogens (tertiary/aromatic N) is 2. The minimum atomic E-state index is -0.736. The van der Waals surface area contributed by atoms with E-state index in [1.807, 2.05) is 35.2 Å². The number of likely N-dealkylation sites (tertiary alicyclic amines) is 2. The number of carbonyl (C=O) groups is 3. The third-order valence-corrected chi connectivity index (χ3v) is 5.16. The van der Waals surface area contributed by atoms with E-state index in [9.17, 15) is 14.4 Å². The van der Waals surface area contributed by atoms with Crippen LogP contribution in [0, 0.1) is 0 Å². The molecule has 27 heavy (non-hydrogen) atoms. The van der Waals surface area contributed by atoms with Crippen molar-refractivity contribution < 1.29 is 19.1 Å². The smallest absolute Gasteiger partial charge is 0.408 e. The predicted molar refractivity (Wildman–Crippen MR) is 99.8 cm³/mol. The zero-order valence-electron chi connectivity index (χ0n) is 15.7. The number of carbonyl (C=O) groups excluding carboxylic acids is 3. The van der Waals surface area contributed by atoms with Gasteiger partial charge in [-0.05, 0) is 38.2 Å². The molecule has 3 amide bonds. The number of benzene rings is 1. The van der Waals surface area contributed by atoms with Gasteiger partial charge in [0.2, 0.25) is 11.8 Å². The molecule has 2 fully saturated rings. The minimum absolute atomic E-state index is 0.0391. The summed E-state index contributed by atoms with van der Waals surface area (Å²) in [6, 6.07) is 8.21. The molecule has 0 spiro atoms. The summed E-state index contributed by atoms with van der Waals surface area (Å²) >= 11 is 0. The third kappa shape index (κ3) is 4.78. The summed E-state index contributed by atoms with van der Waals surface area (Å²) < 4.78 is 5.17. The Labute approximate surface area is 159 Å². The van der Waals surface area contributed by atoms with E-state index < -0.39 is 18.2 Å². The summed E-state index contributed by atoms with van der Waals surface area (Å²) in [5.74, 6) is -0.195. The number of hydrogen-bond acceptors (Lipinski definition) is 4.